The van der Waals surface area contributed by atoms with Crippen LogP contribution in [0.1, 0.15) is 11.6 Å². The Labute approximate surface area is 122 Å². The second-order valence-electron chi connectivity index (χ2n) is 3.95. The molecule has 1 saturated heterocycles. The number of piperazine rings is 1. The van der Waals surface area contributed by atoms with Gasteiger partial charge in [0.2, 0.25) is 5.95 Å². The molecule has 1 aliphatic rings. The molecule has 1 N–H and O–H groups in total. The first-order valence-electron chi connectivity index (χ1n) is 5.53. The van der Waals surface area contributed by atoms with Gasteiger partial charge in [-0.1, -0.05) is 6.07 Å². The molecule has 2 heterocycles. The molecular weight excluding hydrogens is 302 g/mol. The number of aromatic nitrogens is 1. The molecule has 0 unspecified atom stereocenters. The largest absolute Gasteiger partial charge is 0.314 e. The molecule has 0 saturated carbocycles. The summed E-state index contributed by atoms with van der Waals surface area (Å²) in [5.74, 6) is -0.809. The minimum atomic E-state index is -2.62. The molecule has 1 atom stereocenters. The van der Waals surface area contributed by atoms with Gasteiger partial charge in [0.05, 0.1) is 0 Å². The molecule has 0 aromatic carbocycles. The van der Waals surface area contributed by atoms with Gasteiger partial charge in [0.1, 0.15) is 6.04 Å². The van der Waals surface area contributed by atoms with Gasteiger partial charge in [-0.05, 0) is 6.07 Å². The van der Waals surface area contributed by atoms with Gasteiger partial charge in [0, 0.05) is 37.9 Å². The van der Waals surface area contributed by atoms with Crippen LogP contribution in [0.4, 0.5) is 13.2 Å². The zero-order valence-corrected chi connectivity index (χ0v) is 11.7. The van der Waals surface area contributed by atoms with Crippen LogP contribution in [0.25, 0.3) is 0 Å². The maximum Gasteiger partial charge on any atom is 0.258 e. The quantitative estimate of drug-likeness (QED) is 0.867. The number of rotatable bonds is 3. The second kappa shape index (κ2) is 8.58. The molecule has 0 bridgehead atoms. The third kappa shape index (κ3) is 4.49. The Morgan fingerprint density at radius 2 is 1.84 bits per heavy atom. The molecule has 1 fully saturated rings. The van der Waals surface area contributed by atoms with E-state index in [1.165, 1.54) is 18.3 Å². The minimum Gasteiger partial charge on any atom is -0.314 e. The zero-order valence-electron chi connectivity index (χ0n) is 10.1. The van der Waals surface area contributed by atoms with Crippen LogP contribution in [-0.4, -0.2) is 42.5 Å². The minimum absolute atomic E-state index is 0. The fraction of sp³-hybridized carbons (Fsp3) is 0.545. The summed E-state index contributed by atoms with van der Waals surface area (Å²) in [5, 5.41) is 3.08. The van der Waals surface area contributed by atoms with Gasteiger partial charge < -0.3 is 5.32 Å². The summed E-state index contributed by atoms with van der Waals surface area (Å²) in [5.41, 5.74) is -0.0237. The molecule has 0 aliphatic carbocycles. The van der Waals surface area contributed by atoms with Crippen molar-refractivity contribution in [3.05, 3.63) is 29.8 Å². The Hall–Kier alpha value is -0.560. The van der Waals surface area contributed by atoms with Crippen molar-refractivity contribution in [2.75, 3.05) is 26.2 Å². The van der Waals surface area contributed by atoms with Crippen LogP contribution in [0.5, 0.6) is 0 Å². The highest BCUT2D eigenvalue weighted by molar-refractivity contribution is 5.85. The molecule has 0 spiro atoms. The van der Waals surface area contributed by atoms with Crippen LogP contribution in [0, 0.1) is 5.95 Å². The van der Waals surface area contributed by atoms with E-state index < -0.39 is 18.4 Å². The fourth-order valence-corrected chi connectivity index (χ4v) is 2.07. The lowest BCUT2D eigenvalue weighted by Crippen LogP contribution is -2.47. The molecule has 19 heavy (non-hydrogen) atoms. The topological polar surface area (TPSA) is 28.2 Å². The standard InChI is InChI=1S/C11H14F3N3.2ClH/c12-10(13)9(17-6-4-15-5-7-17)8-2-1-3-16-11(8)14;;/h1-3,9-10,15H,4-7H2;2*1H/t9-;;/m1../s1. The average Bonchev–Trinajstić information content (AvgIpc) is 2.33. The second-order valence-corrected chi connectivity index (χ2v) is 3.95. The van der Waals surface area contributed by atoms with Crippen molar-refractivity contribution in [1.82, 2.24) is 15.2 Å². The Kier molecular flexibility index (Phi) is 8.33. The Balaban J connectivity index is 0.00000162. The van der Waals surface area contributed by atoms with Crippen LogP contribution in [0.2, 0.25) is 0 Å². The number of hydrogen-bond donors (Lipinski definition) is 1. The molecule has 1 aromatic heterocycles. The molecule has 110 valence electrons. The summed E-state index contributed by atoms with van der Waals surface area (Å²) >= 11 is 0. The zero-order chi connectivity index (χ0) is 12.3. The number of nitrogens with zero attached hydrogens (tertiary/aromatic N) is 2. The molecule has 8 heteroatoms. The first-order chi connectivity index (χ1) is 8.20. The van der Waals surface area contributed by atoms with Crippen molar-refractivity contribution in [2.45, 2.75) is 12.5 Å². The average molecular weight is 318 g/mol. The van der Waals surface area contributed by atoms with Gasteiger partial charge in [-0.15, -0.1) is 24.8 Å². The van der Waals surface area contributed by atoms with Crippen molar-refractivity contribution >= 4 is 24.8 Å². The van der Waals surface area contributed by atoms with E-state index in [0.29, 0.717) is 26.2 Å². The number of pyridine rings is 1. The number of hydrogen-bond acceptors (Lipinski definition) is 3. The fourth-order valence-electron chi connectivity index (χ4n) is 2.07. The molecule has 3 nitrogen and oxygen atoms in total. The van der Waals surface area contributed by atoms with Crippen molar-refractivity contribution < 1.29 is 13.2 Å². The van der Waals surface area contributed by atoms with Crippen LogP contribution >= 0.6 is 24.8 Å². The summed E-state index contributed by atoms with van der Waals surface area (Å²) in [4.78, 5) is 5.03. The van der Waals surface area contributed by atoms with E-state index in [1.807, 2.05) is 0 Å². The summed E-state index contributed by atoms with van der Waals surface area (Å²) < 4.78 is 39.7. The van der Waals surface area contributed by atoms with Crippen LogP contribution in [-0.2, 0) is 0 Å². The maximum atomic E-state index is 13.5. The summed E-state index contributed by atoms with van der Waals surface area (Å²) in [7, 11) is 0. The van der Waals surface area contributed by atoms with Gasteiger partial charge in [-0.25, -0.2) is 13.8 Å². The Morgan fingerprint density at radius 1 is 1.21 bits per heavy atom. The Bertz CT molecular complexity index is 376. The van der Waals surface area contributed by atoms with Gasteiger partial charge in [0.15, 0.2) is 0 Å². The highest BCUT2D eigenvalue weighted by Crippen LogP contribution is 2.28. The molecule has 2 rings (SSSR count). The molecule has 0 radical (unpaired) electrons. The predicted molar refractivity (Wildman–Crippen MR) is 71.9 cm³/mol. The van der Waals surface area contributed by atoms with E-state index in [0.717, 1.165) is 0 Å². The van der Waals surface area contributed by atoms with Crippen molar-refractivity contribution in [3.63, 3.8) is 0 Å². The predicted octanol–water partition coefficient (Wildman–Crippen LogP) is 2.28. The third-order valence-electron chi connectivity index (χ3n) is 2.89. The smallest absolute Gasteiger partial charge is 0.258 e. The maximum absolute atomic E-state index is 13.5. The monoisotopic (exact) mass is 317 g/mol. The lowest BCUT2D eigenvalue weighted by Gasteiger charge is -2.34. The lowest BCUT2D eigenvalue weighted by molar-refractivity contribution is 0.0160. The SMILES string of the molecule is Cl.Cl.Fc1ncccc1[C@H](C(F)F)N1CCNCC1. The van der Waals surface area contributed by atoms with E-state index in [4.69, 9.17) is 0 Å². The first kappa shape index (κ1) is 18.4. The van der Waals surface area contributed by atoms with E-state index in [9.17, 15) is 13.2 Å². The molecule has 0 amide bonds. The van der Waals surface area contributed by atoms with Crippen LogP contribution in [0.3, 0.4) is 0 Å². The van der Waals surface area contributed by atoms with E-state index in [2.05, 4.69) is 10.3 Å². The third-order valence-corrected chi connectivity index (χ3v) is 2.89. The van der Waals surface area contributed by atoms with E-state index >= 15 is 0 Å². The van der Waals surface area contributed by atoms with Crippen molar-refractivity contribution in [1.29, 1.82) is 0 Å². The molecular formula is C11H16Cl2F3N3. The van der Waals surface area contributed by atoms with E-state index in [1.54, 1.807) is 4.90 Å². The van der Waals surface area contributed by atoms with Crippen molar-refractivity contribution in [2.24, 2.45) is 0 Å². The number of nitrogens with one attached hydrogen (secondary N) is 1. The lowest BCUT2D eigenvalue weighted by atomic mass is 10.1. The Morgan fingerprint density at radius 3 is 2.37 bits per heavy atom. The molecule has 1 aliphatic heterocycles. The van der Waals surface area contributed by atoms with Crippen LogP contribution < -0.4 is 5.32 Å². The highest BCUT2D eigenvalue weighted by Gasteiger charge is 2.32. The van der Waals surface area contributed by atoms with Gasteiger partial charge >= 0.3 is 0 Å². The highest BCUT2D eigenvalue weighted by atomic mass is 35.5. The number of halogens is 5. The summed E-state index contributed by atoms with van der Waals surface area (Å²) in [6.45, 7) is 2.27. The van der Waals surface area contributed by atoms with Crippen LogP contribution in [0.15, 0.2) is 18.3 Å². The van der Waals surface area contributed by atoms with Gasteiger partial charge in [-0.3, -0.25) is 4.90 Å². The summed E-state index contributed by atoms with van der Waals surface area (Å²) in [6.07, 6.45) is -1.36. The van der Waals surface area contributed by atoms with Gasteiger partial charge in [-0.2, -0.15) is 4.39 Å². The van der Waals surface area contributed by atoms with Gasteiger partial charge in [0.25, 0.3) is 6.43 Å². The number of alkyl halides is 2. The molecule has 1 aromatic rings. The first-order valence-corrected chi connectivity index (χ1v) is 5.53. The van der Waals surface area contributed by atoms with Crippen molar-refractivity contribution in [3.8, 4) is 0 Å². The summed E-state index contributed by atoms with van der Waals surface area (Å²) in [6, 6.07) is 1.66. The normalized spacial score (nSPS) is 17.5. The van der Waals surface area contributed by atoms with E-state index in [-0.39, 0.29) is 30.4 Å².